The van der Waals surface area contributed by atoms with E-state index in [-0.39, 0.29) is 23.9 Å². The van der Waals surface area contributed by atoms with E-state index in [2.05, 4.69) is 15.9 Å². The van der Waals surface area contributed by atoms with E-state index in [4.69, 9.17) is 5.73 Å². The van der Waals surface area contributed by atoms with E-state index in [0.29, 0.717) is 10.9 Å². The van der Waals surface area contributed by atoms with Crippen LogP contribution in [0.3, 0.4) is 0 Å². The Morgan fingerprint density at radius 2 is 1.85 bits per heavy atom. The Kier molecular flexibility index (Phi) is 7.52. The summed E-state index contributed by atoms with van der Waals surface area (Å²) in [6.07, 6.45) is -4.60. The summed E-state index contributed by atoms with van der Waals surface area (Å²) >= 11 is 3.04. The van der Waals surface area contributed by atoms with Gasteiger partial charge in [0.05, 0.1) is 17.7 Å². The first-order valence-corrected chi connectivity index (χ1v) is 6.77. The summed E-state index contributed by atoms with van der Waals surface area (Å²) in [6, 6.07) is 2.65. The van der Waals surface area contributed by atoms with E-state index in [0.717, 1.165) is 12.1 Å². The standard InChI is InChI=1S/C13H17BrF3NO.ClH/c1-3-7(2)12(19)11(18)8-4-9(13(15,16)17)6-10(14)5-8;/h4-7,11-12,19H,3,18H2,1-2H3;1H/t7?,11-,12+;/m1./s1. The number of rotatable bonds is 4. The molecule has 0 fully saturated rings. The fourth-order valence-corrected chi connectivity index (χ4v) is 2.27. The highest BCUT2D eigenvalue weighted by atomic mass is 79.9. The molecule has 1 unspecified atom stereocenters. The number of nitrogens with two attached hydrogens (primary N) is 1. The fraction of sp³-hybridized carbons (Fsp3) is 0.538. The lowest BCUT2D eigenvalue weighted by Crippen LogP contribution is -2.31. The summed E-state index contributed by atoms with van der Waals surface area (Å²) in [7, 11) is 0. The number of aliphatic hydroxyl groups excluding tert-OH is 1. The number of halogens is 5. The van der Waals surface area contributed by atoms with Crippen LogP contribution in [0.4, 0.5) is 13.2 Å². The Hall–Kier alpha value is -0.300. The van der Waals surface area contributed by atoms with E-state index in [1.54, 1.807) is 0 Å². The van der Waals surface area contributed by atoms with Gasteiger partial charge in [0, 0.05) is 4.47 Å². The van der Waals surface area contributed by atoms with Crippen molar-refractivity contribution in [3.63, 3.8) is 0 Å². The molecule has 0 aliphatic rings. The Morgan fingerprint density at radius 3 is 2.30 bits per heavy atom. The van der Waals surface area contributed by atoms with Crippen molar-refractivity contribution < 1.29 is 18.3 Å². The van der Waals surface area contributed by atoms with Gasteiger partial charge in [0.15, 0.2) is 0 Å². The number of benzene rings is 1. The first-order chi connectivity index (χ1) is 8.66. The number of aliphatic hydroxyl groups is 1. The number of hydrogen-bond acceptors (Lipinski definition) is 2. The summed E-state index contributed by atoms with van der Waals surface area (Å²) in [4.78, 5) is 0. The predicted molar refractivity (Wildman–Crippen MR) is 78.8 cm³/mol. The van der Waals surface area contributed by atoms with Crippen molar-refractivity contribution in [3.8, 4) is 0 Å². The van der Waals surface area contributed by atoms with E-state index in [1.807, 2.05) is 13.8 Å². The van der Waals surface area contributed by atoms with Gasteiger partial charge >= 0.3 is 6.18 Å². The highest BCUT2D eigenvalue weighted by molar-refractivity contribution is 9.10. The van der Waals surface area contributed by atoms with Crippen LogP contribution in [0.15, 0.2) is 22.7 Å². The molecule has 0 saturated heterocycles. The average Bonchev–Trinajstić information content (AvgIpc) is 2.34. The van der Waals surface area contributed by atoms with Crippen LogP contribution in [0.2, 0.25) is 0 Å². The summed E-state index contributed by atoms with van der Waals surface area (Å²) in [6.45, 7) is 3.70. The fourth-order valence-electron chi connectivity index (χ4n) is 1.76. The first-order valence-electron chi connectivity index (χ1n) is 5.98. The van der Waals surface area contributed by atoms with Gasteiger partial charge in [0.2, 0.25) is 0 Å². The molecular weight excluding hydrogens is 358 g/mol. The van der Waals surface area contributed by atoms with Crippen LogP contribution < -0.4 is 5.73 Å². The van der Waals surface area contributed by atoms with Gasteiger partial charge in [-0.05, 0) is 29.7 Å². The molecule has 0 heterocycles. The van der Waals surface area contributed by atoms with Crippen molar-refractivity contribution in [2.75, 3.05) is 0 Å². The zero-order valence-electron chi connectivity index (χ0n) is 11.1. The topological polar surface area (TPSA) is 46.2 Å². The minimum absolute atomic E-state index is 0. The maximum atomic E-state index is 12.7. The molecule has 0 radical (unpaired) electrons. The van der Waals surface area contributed by atoms with Gasteiger partial charge in [0.1, 0.15) is 0 Å². The van der Waals surface area contributed by atoms with Crippen LogP contribution in [0.1, 0.15) is 37.4 Å². The van der Waals surface area contributed by atoms with Crippen LogP contribution >= 0.6 is 28.3 Å². The van der Waals surface area contributed by atoms with Crippen molar-refractivity contribution in [1.82, 2.24) is 0 Å². The Morgan fingerprint density at radius 1 is 1.30 bits per heavy atom. The van der Waals surface area contributed by atoms with Gasteiger partial charge < -0.3 is 10.8 Å². The zero-order chi connectivity index (χ0) is 14.8. The summed E-state index contributed by atoms with van der Waals surface area (Å²) in [5, 5.41) is 10.0. The van der Waals surface area contributed by atoms with Crippen LogP contribution in [0, 0.1) is 5.92 Å². The van der Waals surface area contributed by atoms with E-state index >= 15 is 0 Å². The van der Waals surface area contributed by atoms with Gasteiger partial charge in [-0.2, -0.15) is 13.2 Å². The monoisotopic (exact) mass is 375 g/mol. The Balaban J connectivity index is 0.00000361. The van der Waals surface area contributed by atoms with Gasteiger partial charge in [-0.3, -0.25) is 0 Å². The molecule has 0 aliphatic carbocycles. The van der Waals surface area contributed by atoms with Crippen molar-refractivity contribution in [3.05, 3.63) is 33.8 Å². The largest absolute Gasteiger partial charge is 0.416 e. The Labute approximate surface area is 131 Å². The molecule has 3 N–H and O–H groups in total. The van der Waals surface area contributed by atoms with Crippen molar-refractivity contribution in [2.45, 2.75) is 38.6 Å². The van der Waals surface area contributed by atoms with Crippen molar-refractivity contribution in [2.24, 2.45) is 11.7 Å². The molecule has 3 atom stereocenters. The van der Waals surface area contributed by atoms with Crippen LogP contribution in [0.5, 0.6) is 0 Å². The molecule has 1 aromatic carbocycles. The first kappa shape index (κ1) is 19.7. The van der Waals surface area contributed by atoms with E-state index < -0.39 is 23.9 Å². The molecule has 0 aliphatic heterocycles. The van der Waals surface area contributed by atoms with Gasteiger partial charge in [-0.1, -0.05) is 36.2 Å². The van der Waals surface area contributed by atoms with Crippen molar-refractivity contribution >= 4 is 28.3 Å². The molecule has 7 heteroatoms. The van der Waals surface area contributed by atoms with Gasteiger partial charge in [-0.25, -0.2) is 0 Å². The molecule has 1 rings (SSSR count). The van der Waals surface area contributed by atoms with Crippen molar-refractivity contribution in [1.29, 1.82) is 0 Å². The zero-order valence-corrected chi connectivity index (χ0v) is 13.5. The van der Waals surface area contributed by atoms with E-state index in [9.17, 15) is 18.3 Å². The SMILES string of the molecule is CCC(C)[C@H](O)[C@H](N)c1cc(Br)cc(C(F)(F)F)c1.Cl. The second-order valence-corrected chi connectivity index (χ2v) is 5.59. The summed E-state index contributed by atoms with van der Waals surface area (Å²) in [5.41, 5.74) is 5.36. The summed E-state index contributed by atoms with van der Waals surface area (Å²) < 4.78 is 38.4. The molecule has 0 saturated carbocycles. The second-order valence-electron chi connectivity index (χ2n) is 4.67. The van der Waals surface area contributed by atoms with Crippen LogP contribution in [-0.4, -0.2) is 11.2 Å². The quantitative estimate of drug-likeness (QED) is 0.823. The molecule has 0 spiro atoms. The average molecular weight is 377 g/mol. The normalized spacial score (nSPS) is 16.2. The molecule has 0 aromatic heterocycles. The third kappa shape index (κ3) is 4.91. The second kappa shape index (κ2) is 7.64. The van der Waals surface area contributed by atoms with Gasteiger partial charge in [-0.15, -0.1) is 12.4 Å². The molecule has 2 nitrogen and oxygen atoms in total. The molecule has 116 valence electrons. The molecule has 0 bridgehead atoms. The lowest BCUT2D eigenvalue weighted by atomic mass is 9.91. The third-order valence-corrected chi connectivity index (χ3v) is 3.69. The van der Waals surface area contributed by atoms with E-state index in [1.165, 1.54) is 6.07 Å². The van der Waals surface area contributed by atoms with Gasteiger partial charge in [0.25, 0.3) is 0 Å². The highest BCUT2D eigenvalue weighted by Gasteiger charge is 2.32. The predicted octanol–water partition coefficient (Wildman–Crippen LogP) is 4.30. The maximum Gasteiger partial charge on any atom is 0.416 e. The number of alkyl halides is 3. The van der Waals surface area contributed by atoms with Crippen LogP contribution in [-0.2, 0) is 6.18 Å². The maximum absolute atomic E-state index is 12.7. The van der Waals surface area contributed by atoms with Crippen LogP contribution in [0.25, 0.3) is 0 Å². The molecule has 0 amide bonds. The highest BCUT2D eigenvalue weighted by Crippen LogP contribution is 2.34. The molecule has 1 aromatic rings. The Bertz CT molecular complexity index is 442. The minimum atomic E-state index is -4.43. The lowest BCUT2D eigenvalue weighted by Gasteiger charge is -2.25. The smallest absolute Gasteiger partial charge is 0.391 e. The lowest BCUT2D eigenvalue weighted by molar-refractivity contribution is -0.137. The number of hydrogen-bond donors (Lipinski definition) is 2. The minimum Gasteiger partial charge on any atom is -0.391 e. The summed E-state index contributed by atoms with van der Waals surface area (Å²) in [5.74, 6) is -0.0803. The third-order valence-electron chi connectivity index (χ3n) is 3.23. The molecule has 20 heavy (non-hydrogen) atoms. The molecular formula is C13H18BrClF3NO.